The van der Waals surface area contributed by atoms with E-state index in [4.69, 9.17) is 33.5 Å². The van der Waals surface area contributed by atoms with Gasteiger partial charge < -0.3 is 33.5 Å². The van der Waals surface area contributed by atoms with Crippen molar-refractivity contribution in [2.45, 2.75) is 88.0 Å². The summed E-state index contributed by atoms with van der Waals surface area (Å²) in [5, 5.41) is 8.75. The molecule has 2 rings (SSSR count). The van der Waals surface area contributed by atoms with Crippen LogP contribution >= 0.6 is 0 Å². The molecule has 4 unspecified atom stereocenters. The van der Waals surface area contributed by atoms with Gasteiger partial charge in [-0.25, -0.2) is 0 Å². The van der Waals surface area contributed by atoms with E-state index in [1.807, 2.05) is 0 Å². The fourth-order valence-electron chi connectivity index (χ4n) is 5.37. The minimum atomic E-state index is -0.747. The average molecular weight is 499 g/mol. The summed E-state index contributed by atoms with van der Waals surface area (Å²) in [7, 11) is 8.62. The third kappa shape index (κ3) is 9.59. The van der Waals surface area contributed by atoms with Gasteiger partial charge in [-0.3, -0.25) is 4.79 Å². The summed E-state index contributed by atoms with van der Waals surface area (Å²) in [5.41, 5.74) is 0. The number of rotatable bonds is 15. The summed E-state index contributed by atoms with van der Waals surface area (Å²) in [4.78, 5) is 10.6. The van der Waals surface area contributed by atoms with Gasteiger partial charge in [-0.2, -0.15) is 0 Å². The Kier molecular flexibility index (Phi) is 14.1. The summed E-state index contributed by atoms with van der Waals surface area (Å²) in [6.45, 7) is 0.587. The molecule has 202 valence electrons. The highest BCUT2D eigenvalue weighted by atomic mass is 16.6. The van der Waals surface area contributed by atoms with E-state index in [-0.39, 0.29) is 43.0 Å². The highest BCUT2D eigenvalue weighted by Gasteiger charge is 2.39. The van der Waals surface area contributed by atoms with Crippen LogP contribution in [0, 0.1) is 11.8 Å². The number of carbonyl (C=O) groups is 1. The van der Waals surface area contributed by atoms with Gasteiger partial charge in [0.25, 0.3) is 0 Å². The zero-order valence-corrected chi connectivity index (χ0v) is 22.1. The first-order chi connectivity index (χ1) is 17.0. The molecule has 0 radical (unpaired) electrons. The van der Waals surface area contributed by atoms with E-state index in [0.29, 0.717) is 24.9 Å². The largest absolute Gasteiger partial charge is 0.481 e. The first-order valence-electron chi connectivity index (χ1n) is 12.8. The highest BCUT2D eigenvalue weighted by molar-refractivity contribution is 5.66. The number of hydrogen-bond donors (Lipinski definition) is 1. The Hall–Kier alpha value is -1.29. The van der Waals surface area contributed by atoms with E-state index in [2.05, 4.69) is 24.3 Å². The molecule has 0 aromatic rings. The van der Waals surface area contributed by atoms with Crippen LogP contribution in [0.25, 0.3) is 0 Å². The van der Waals surface area contributed by atoms with E-state index in [9.17, 15) is 4.79 Å². The van der Waals surface area contributed by atoms with E-state index in [1.54, 1.807) is 35.5 Å². The summed E-state index contributed by atoms with van der Waals surface area (Å²) in [6, 6.07) is 0. The molecule has 0 heterocycles. The van der Waals surface area contributed by atoms with Crippen molar-refractivity contribution in [1.29, 1.82) is 0 Å². The van der Waals surface area contributed by atoms with Crippen molar-refractivity contribution < 1.29 is 38.3 Å². The second-order valence-electron chi connectivity index (χ2n) is 9.57. The van der Waals surface area contributed by atoms with Gasteiger partial charge in [0.05, 0.1) is 24.4 Å². The molecule has 2 fully saturated rings. The molecule has 2 aliphatic carbocycles. The summed E-state index contributed by atoms with van der Waals surface area (Å²) < 4.78 is 34.6. The van der Waals surface area contributed by atoms with E-state index in [1.165, 1.54) is 0 Å². The van der Waals surface area contributed by atoms with Gasteiger partial charge in [0.1, 0.15) is 12.2 Å². The van der Waals surface area contributed by atoms with Crippen molar-refractivity contribution in [2.24, 2.45) is 11.8 Å². The van der Waals surface area contributed by atoms with Crippen LogP contribution in [0.5, 0.6) is 0 Å². The van der Waals surface area contributed by atoms with Crippen LogP contribution in [0.15, 0.2) is 24.3 Å². The fraction of sp³-hybridized carbons (Fsp3) is 0.815. The third-order valence-electron chi connectivity index (χ3n) is 7.31. The maximum absolute atomic E-state index is 10.6. The van der Waals surface area contributed by atoms with Crippen LogP contribution in [0.3, 0.4) is 0 Å². The lowest BCUT2D eigenvalue weighted by Gasteiger charge is -2.39. The Morgan fingerprint density at radius 3 is 1.54 bits per heavy atom. The van der Waals surface area contributed by atoms with Crippen molar-refractivity contribution in [3.05, 3.63) is 24.3 Å². The monoisotopic (exact) mass is 498 g/mol. The molecule has 2 saturated carbocycles. The minimum absolute atomic E-state index is 0.0229. The van der Waals surface area contributed by atoms with Gasteiger partial charge in [0.2, 0.25) is 0 Å². The number of hydrogen-bond acceptors (Lipinski definition) is 7. The number of ether oxygens (including phenoxy) is 6. The molecule has 2 aliphatic rings. The quantitative estimate of drug-likeness (QED) is 0.267. The van der Waals surface area contributed by atoms with E-state index >= 15 is 0 Å². The zero-order chi connectivity index (χ0) is 25.6. The van der Waals surface area contributed by atoms with Crippen molar-refractivity contribution >= 4 is 5.97 Å². The van der Waals surface area contributed by atoms with Gasteiger partial charge in [-0.05, 0) is 50.4 Å². The predicted molar refractivity (Wildman–Crippen MR) is 134 cm³/mol. The Morgan fingerprint density at radius 2 is 1.14 bits per heavy atom. The number of carboxylic acids is 1. The topological polar surface area (TPSA) is 92.7 Å². The number of carboxylic acid groups (broad SMARTS) is 1. The lowest BCUT2D eigenvalue weighted by molar-refractivity contribution is -0.149. The maximum atomic E-state index is 10.6. The van der Waals surface area contributed by atoms with Gasteiger partial charge >= 0.3 is 5.97 Å². The standard InChI is InChI=1S/C27H46O8/c1-30-21-15-19(16-22(31-2)26(21)34-5)11-8-9-12-20-17-23(32-3)27(24(18-20)33-4)35-14-10-6-7-13-25(28)29/h8-9,11-12,19-24,26-27H,6-7,10,13-18H2,1-5H3,(H,28,29)/b11-8+,12-9+. The SMILES string of the molecule is COC1CC(/C=C/C=C/C2CC(OC)C(OCCCCCC(=O)O)C(OC)C2)CC(OC)C1OC. The van der Waals surface area contributed by atoms with Crippen LogP contribution in [0.1, 0.15) is 51.4 Å². The molecule has 8 nitrogen and oxygen atoms in total. The summed E-state index contributed by atoms with van der Waals surface area (Å²) >= 11 is 0. The molecule has 0 spiro atoms. The third-order valence-corrected chi connectivity index (χ3v) is 7.31. The zero-order valence-electron chi connectivity index (χ0n) is 22.1. The number of aliphatic carboxylic acids is 1. The van der Waals surface area contributed by atoms with Crippen molar-refractivity contribution in [2.75, 3.05) is 42.2 Å². The van der Waals surface area contributed by atoms with Crippen LogP contribution in [0.4, 0.5) is 0 Å². The van der Waals surface area contributed by atoms with Crippen LogP contribution < -0.4 is 0 Å². The summed E-state index contributed by atoms with van der Waals surface area (Å²) in [5.74, 6) is -0.0328. The smallest absolute Gasteiger partial charge is 0.303 e. The molecule has 8 heteroatoms. The molecule has 0 aromatic heterocycles. The van der Waals surface area contributed by atoms with Crippen molar-refractivity contribution in [3.8, 4) is 0 Å². The number of unbranched alkanes of at least 4 members (excludes halogenated alkanes) is 2. The molecule has 0 saturated heterocycles. The molecule has 35 heavy (non-hydrogen) atoms. The highest BCUT2D eigenvalue weighted by Crippen LogP contribution is 2.33. The molecule has 4 atom stereocenters. The average Bonchev–Trinajstić information content (AvgIpc) is 2.87. The molecule has 1 N–H and O–H groups in total. The number of methoxy groups -OCH3 is 5. The molecule has 0 amide bonds. The lowest BCUT2D eigenvalue weighted by Crippen LogP contribution is -2.47. The van der Waals surface area contributed by atoms with Crippen molar-refractivity contribution in [3.63, 3.8) is 0 Å². The van der Waals surface area contributed by atoms with Gasteiger partial charge in [0, 0.05) is 48.6 Å². The Balaban J connectivity index is 1.85. The number of allylic oxidation sites excluding steroid dienone is 4. The van der Waals surface area contributed by atoms with Crippen LogP contribution in [-0.4, -0.2) is 89.9 Å². The predicted octanol–water partition coefficient (Wildman–Crippen LogP) is 4.02. The lowest BCUT2D eigenvalue weighted by atomic mass is 9.82. The second kappa shape index (κ2) is 16.5. The Bertz CT molecular complexity index is 623. The molecular weight excluding hydrogens is 452 g/mol. The molecule has 0 aliphatic heterocycles. The normalized spacial score (nSPS) is 34.1. The van der Waals surface area contributed by atoms with Crippen LogP contribution in [-0.2, 0) is 33.2 Å². The van der Waals surface area contributed by atoms with E-state index in [0.717, 1.165) is 38.5 Å². The molecule has 0 bridgehead atoms. The van der Waals surface area contributed by atoms with Gasteiger partial charge in [-0.1, -0.05) is 30.7 Å². The van der Waals surface area contributed by atoms with Gasteiger partial charge in [-0.15, -0.1) is 0 Å². The first-order valence-corrected chi connectivity index (χ1v) is 12.8. The van der Waals surface area contributed by atoms with Gasteiger partial charge in [0.15, 0.2) is 0 Å². The second-order valence-corrected chi connectivity index (χ2v) is 9.57. The fourth-order valence-corrected chi connectivity index (χ4v) is 5.37. The van der Waals surface area contributed by atoms with E-state index < -0.39 is 5.97 Å². The molecular formula is C27H46O8. The Labute approximate surface area is 210 Å². The van der Waals surface area contributed by atoms with Crippen molar-refractivity contribution in [1.82, 2.24) is 0 Å². The molecule has 0 aromatic carbocycles. The summed E-state index contributed by atoms with van der Waals surface area (Å²) in [6.07, 6.45) is 14.7. The Morgan fingerprint density at radius 1 is 0.686 bits per heavy atom. The first kappa shape index (κ1) is 29.9. The maximum Gasteiger partial charge on any atom is 0.303 e. The minimum Gasteiger partial charge on any atom is -0.481 e. The van der Waals surface area contributed by atoms with Crippen LogP contribution in [0.2, 0.25) is 0 Å².